The molecule has 2 rings (SSSR count). The number of rotatable bonds is 4. The highest BCUT2D eigenvalue weighted by Gasteiger charge is 2.14. The zero-order valence-corrected chi connectivity index (χ0v) is 11.8. The quantitative estimate of drug-likeness (QED) is 0.935. The molecule has 1 N–H and O–H groups in total. The van der Waals surface area contributed by atoms with Gasteiger partial charge in [0.1, 0.15) is 0 Å². The van der Waals surface area contributed by atoms with Crippen LogP contribution in [0.15, 0.2) is 35.2 Å². The Kier molecular flexibility index (Phi) is 3.79. The second kappa shape index (κ2) is 5.17. The van der Waals surface area contributed by atoms with Crippen molar-refractivity contribution in [2.75, 3.05) is 0 Å². The van der Waals surface area contributed by atoms with Crippen molar-refractivity contribution in [3.8, 4) is 0 Å². The van der Waals surface area contributed by atoms with Gasteiger partial charge in [-0.1, -0.05) is 18.2 Å². The number of hydrogen-bond acceptors (Lipinski definition) is 4. The molecular weight excluding hydrogens is 268 g/mol. The monoisotopic (exact) mass is 282 g/mol. The van der Waals surface area contributed by atoms with Crippen LogP contribution in [-0.4, -0.2) is 13.4 Å². The molecule has 0 saturated heterocycles. The molecule has 1 aromatic carbocycles. The summed E-state index contributed by atoms with van der Waals surface area (Å²) >= 11 is 1.51. The van der Waals surface area contributed by atoms with E-state index in [0.717, 1.165) is 15.6 Å². The molecule has 0 amide bonds. The third-order valence-corrected chi connectivity index (χ3v) is 4.97. The molecule has 0 aliphatic carbocycles. The van der Waals surface area contributed by atoms with Gasteiger partial charge in [-0.25, -0.2) is 18.1 Å². The second-order valence-electron chi connectivity index (χ2n) is 3.88. The highest BCUT2D eigenvalue weighted by Crippen LogP contribution is 2.17. The van der Waals surface area contributed by atoms with E-state index in [1.807, 2.05) is 13.8 Å². The molecule has 0 aliphatic rings. The van der Waals surface area contributed by atoms with E-state index in [1.165, 1.54) is 11.3 Å². The molecule has 1 heterocycles. The standard InChI is InChI=1S/C12H14N2O2S2/c1-9-12(17-10(2)14-9)8-13-18(15,16)11-6-4-3-5-7-11/h3-7,13H,8H2,1-2H3. The fourth-order valence-corrected chi connectivity index (χ4v) is 3.57. The van der Waals surface area contributed by atoms with Gasteiger partial charge in [0.05, 0.1) is 15.6 Å². The zero-order chi connectivity index (χ0) is 13.2. The first kappa shape index (κ1) is 13.2. The summed E-state index contributed by atoms with van der Waals surface area (Å²) in [5.74, 6) is 0. The maximum atomic E-state index is 12.0. The average molecular weight is 282 g/mol. The summed E-state index contributed by atoms with van der Waals surface area (Å²) < 4.78 is 26.6. The Morgan fingerprint density at radius 1 is 1.22 bits per heavy atom. The van der Waals surface area contributed by atoms with Gasteiger partial charge in [-0.3, -0.25) is 0 Å². The number of benzene rings is 1. The van der Waals surface area contributed by atoms with Crippen LogP contribution in [0, 0.1) is 13.8 Å². The van der Waals surface area contributed by atoms with Gasteiger partial charge in [0.15, 0.2) is 0 Å². The Bertz CT molecular complexity index is 633. The SMILES string of the molecule is Cc1nc(C)c(CNS(=O)(=O)c2ccccc2)s1. The predicted octanol–water partition coefficient (Wildman–Crippen LogP) is 2.24. The Labute approximate surface area is 111 Å². The van der Waals surface area contributed by atoms with Crippen molar-refractivity contribution in [1.82, 2.24) is 9.71 Å². The van der Waals surface area contributed by atoms with E-state index < -0.39 is 10.0 Å². The lowest BCUT2D eigenvalue weighted by atomic mass is 10.4. The molecule has 0 bridgehead atoms. The highest BCUT2D eigenvalue weighted by atomic mass is 32.2. The number of aryl methyl sites for hydroxylation is 2. The summed E-state index contributed by atoms with van der Waals surface area (Å²) in [6.07, 6.45) is 0. The van der Waals surface area contributed by atoms with Crippen molar-refractivity contribution in [3.63, 3.8) is 0 Å². The lowest BCUT2D eigenvalue weighted by Crippen LogP contribution is -2.23. The first-order valence-corrected chi connectivity index (χ1v) is 7.76. The summed E-state index contributed by atoms with van der Waals surface area (Å²) in [5.41, 5.74) is 0.883. The summed E-state index contributed by atoms with van der Waals surface area (Å²) in [6.45, 7) is 4.08. The fourth-order valence-electron chi connectivity index (χ4n) is 1.58. The fraction of sp³-hybridized carbons (Fsp3) is 0.250. The van der Waals surface area contributed by atoms with Gasteiger partial charge in [-0.05, 0) is 26.0 Å². The lowest BCUT2D eigenvalue weighted by Gasteiger charge is -2.05. The molecule has 0 atom stereocenters. The average Bonchev–Trinajstić information content (AvgIpc) is 2.67. The highest BCUT2D eigenvalue weighted by molar-refractivity contribution is 7.89. The Morgan fingerprint density at radius 3 is 2.44 bits per heavy atom. The van der Waals surface area contributed by atoms with E-state index in [4.69, 9.17) is 0 Å². The molecule has 2 aromatic rings. The van der Waals surface area contributed by atoms with Crippen LogP contribution in [0.5, 0.6) is 0 Å². The summed E-state index contributed by atoms with van der Waals surface area (Å²) in [7, 11) is -3.44. The van der Waals surface area contributed by atoms with Crippen LogP contribution >= 0.6 is 11.3 Å². The minimum atomic E-state index is -3.44. The molecule has 1 aromatic heterocycles. The van der Waals surface area contributed by atoms with Crippen molar-refractivity contribution in [2.24, 2.45) is 0 Å². The number of hydrogen-bond donors (Lipinski definition) is 1. The summed E-state index contributed by atoms with van der Waals surface area (Å²) in [4.78, 5) is 5.50. The van der Waals surface area contributed by atoms with Crippen LogP contribution in [-0.2, 0) is 16.6 Å². The Hall–Kier alpha value is -1.24. The Morgan fingerprint density at radius 2 is 1.89 bits per heavy atom. The van der Waals surface area contributed by atoms with E-state index in [0.29, 0.717) is 0 Å². The van der Waals surface area contributed by atoms with Gasteiger partial charge >= 0.3 is 0 Å². The van der Waals surface area contributed by atoms with Crippen molar-refractivity contribution >= 4 is 21.4 Å². The number of sulfonamides is 1. The maximum absolute atomic E-state index is 12.0. The minimum absolute atomic E-state index is 0.281. The van der Waals surface area contributed by atoms with Crippen LogP contribution in [0.2, 0.25) is 0 Å². The van der Waals surface area contributed by atoms with Gasteiger partial charge in [0.25, 0.3) is 0 Å². The topological polar surface area (TPSA) is 59.1 Å². The molecule has 0 saturated carbocycles. The number of nitrogens with zero attached hydrogens (tertiary/aromatic N) is 1. The first-order chi connectivity index (χ1) is 8.49. The number of thiazole rings is 1. The molecule has 0 fully saturated rings. The number of nitrogens with one attached hydrogen (secondary N) is 1. The van der Waals surface area contributed by atoms with Crippen molar-refractivity contribution in [1.29, 1.82) is 0 Å². The van der Waals surface area contributed by atoms with E-state index in [1.54, 1.807) is 30.3 Å². The van der Waals surface area contributed by atoms with E-state index in [-0.39, 0.29) is 11.4 Å². The van der Waals surface area contributed by atoms with Gasteiger partial charge in [0, 0.05) is 11.4 Å². The number of aromatic nitrogens is 1. The van der Waals surface area contributed by atoms with Gasteiger partial charge < -0.3 is 0 Å². The van der Waals surface area contributed by atoms with Crippen molar-refractivity contribution in [2.45, 2.75) is 25.3 Å². The largest absolute Gasteiger partial charge is 0.247 e. The molecule has 4 nitrogen and oxygen atoms in total. The third kappa shape index (κ3) is 2.95. The van der Waals surface area contributed by atoms with Crippen LogP contribution in [0.3, 0.4) is 0 Å². The van der Waals surface area contributed by atoms with Crippen LogP contribution in [0.1, 0.15) is 15.6 Å². The zero-order valence-electron chi connectivity index (χ0n) is 10.2. The van der Waals surface area contributed by atoms with Gasteiger partial charge in [-0.2, -0.15) is 0 Å². The Balaban J connectivity index is 2.13. The van der Waals surface area contributed by atoms with E-state index in [9.17, 15) is 8.42 Å². The molecule has 96 valence electrons. The first-order valence-electron chi connectivity index (χ1n) is 5.46. The van der Waals surface area contributed by atoms with E-state index >= 15 is 0 Å². The molecule has 0 radical (unpaired) electrons. The molecular formula is C12H14N2O2S2. The smallest absolute Gasteiger partial charge is 0.240 e. The summed E-state index contributed by atoms with van der Waals surface area (Å²) in [6, 6.07) is 8.35. The maximum Gasteiger partial charge on any atom is 0.240 e. The second-order valence-corrected chi connectivity index (χ2v) is 6.93. The molecule has 18 heavy (non-hydrogen) atoms. The molecule has 0 aliphatic heterocycles. The summed E-state index contributed by atoms with van der Waals surface area (Å²) in [5, 5.41) is 0.946. The van der Waals surface area contributed by atoms with Crippen molar-refractivity contribution in [3.05, 3.63) is 45.9 Å². The predicted molar refractivity (Wildman–Crippen MR) is 72.1 cm³/mol. The van der Waals surface area contributed by atoms with Crippen LogP contribution in [0.25, 0.3) is 0 Å². The van der Waals surface area contributed by atoms with Crippen LogP contribution < -0.4 is 4.72 Å². The van der Waals surface area contributed by atoms with E-state index in [2.05, 4.69) is 9.71 Å². The molecule has 6 heteroatoms. The molecule has 0 spiro atoms. The van der Waals surface area contributed by atoms with Crippen LogP contribution in [0.4, 0.5) is 0 Å². The minimum Gasteiger partial charge on any atom is -0.247 e. The van der Waals surface area contributed by atoms with Gasteiger partial charge in [-0.15, -0.1) is 11.3 Å². The normalized spacial score (nSPS) is 11.7. The lowest BCUT2D eigenvalue weighted by molar-refractivity contribution is 0.581. The third-order valence-electron chi connectivity index (χ3n) is 2.48. The van der Waals surface area contributed by atoms with Gasteiger partial charge in [0.2, 0.25) is 10.0 Å². The van der Waals surface area contributed by atoms with Crippen molar-refractivity contribution < 1.29 is 8.42 Å². The molecule has 0 unspecified atom stereocenters.